The van der Waals surface area contributed by atoms with E-state index in [9.17, 15) is 14.4 Å². The fourth-order valence-corrected chi connectivity index (χ4v) is 7.52. The summed E-state index contributed by atoms with van der Waals surface area (Å²) in [7, 11) is 0. The van der Waals surface area contributed by atoms with Crippen molar-refractivity contribution in [2.24, 2.45) is 0 Å². The first kappa shape index (κ1) is 60.9. The average Bonchev–Trinajstić information content (AvgIpc) is 3.29. The standard InChI is InChI=1S/C58H100O6/c1-4-7-10-13-16-19-22-25-27-29-31-33-36-39-42-45-48-51-57(60)63-54-55(53-62-56(59)50-47-44-41-38-35-32-24-21-18-15-12-9-6-3)64-58(61)52-49-46-43-40-37-34-30-28-26-23-20-17-14-11-8-5-2/h8-9,11-12,15,17-18,20-21,24,26,28,55H,4-7,10,13-14,16,19,22-23,25,27,29-54H2,1-3H3/b11-8+,12-9+,18-15+,20-17+,24-21+,28-26+. The Morgan fingerprint density at radius 1 is 0.344 bits per heavy atom. The van der Waals surface area contributed by atoms with Gasteiger partial charge < -0.3 is 14.2 Å². The van der Waals surface area contributed by atoms with Gasteiger partial charge in [0.2, 0.25) is 0 Å². The molecule has 6 heteroatoms. The zero-order valence-electron chi connectivity index (χ0n) is 42.0. The lowest BCUT2D eigenvalue weighted by Crippen LogP contribution is -2.30. The minimum Gasteiger partial charge on any atom is -0.462 e. The van der Waals surface area contributed by atoms with Crippen LogP contribution in [0.15, 0.2) is 72.9 Å². The van der Waals surface area contributed by atoms with Crippen LogP contribution in [0.1, 0.15) is 258 Å². The molecule has 0 aromatic rings. The molecule has 0 aliphatic rings. The number of hydrogen-bond donors (Lipinski definition) is 0. The summed E-state index contributed by atoms with van der Waals surface area (Å²) in [5.74, 6) is -0.914. The van der Waals surface area contributed by atoms with E-state index < -0.39 is 6.10 Å². The Morgan fingerprint density at radius 2 is 0.688 bits per heavy atom. The first-order valence-corrected chi connectivity index (χ1v) is 27.0. The van der Waals surface area contributed by atoms with Gasteiger partial charge in [0.05, 0.1) is 0 Å². The molecular weight excluding hydrogens is 793 g/mol. The van der Waals surface area contributed by atoms with Gasteiger partial charge in [-0.2, -0.15) is 0 Å². The Hall–Kier alpha value is -3.15. The van der Waals surface area contributed by atoms with E-state index in [4.69, 9.17) is 14.2 Å². The molecule has 0 saturated carbocycles. The molecule has 64 heavy (non-hydrogen) atoms. The van der Waals surface area contributed by atoms with Gasteiger partial charge in [0.15, 0.2) is 6.10 Å². The lowest BCUT2D eigenvalue weighted by atomic mass is 10.0. The second-order valence-corrected chi connectivity index (χ2v) is 17.8. The van der Waals surface area contributed by atoms with Crippen molar-refractivity contribution in [1.29, 1.82) is 0 Å². The minimum absolute atomic E-state index is 0.0858. The molecule has 0 N–H and O–H groups in total. The topological polar surface area (TPSA) is 78.9 Å². The van der Waals surface area contributed by atoms with Gasteiger partial charge in [0.1, 0.15) is 13.2 Å². The number of rotatable bonds is 48. The predicted octanol–water partition coefficient (Wildman–Crippen LogP) is 17.8. The Labute approximate surface area is 395 Å². The summed E-state index contributed by atoms with van der Waals surface area (Å²) in [5.41, 5.74) is 0. The highest BCUT2D eigenvalue weighted by molar-refractivity contribution is 5.71. The number of ether oxygens (including phenoxy) is 3. The van der Waals surface area contributed by atoms with Crippen molar-refractivity contribution in [2.45, 2.75) is 264 Å². The van der Waals surface area contributed by atoms with Crippen molar-refractivity contribution in [3.8, 4) is 0 Å². The largest absolute Gasteiger partial charge is 0.462 e. The van der Waals surface area contributed by atoms with Crippen molar-refractivity contribution in [1.82, 2.24) is 0 Å². The average molecular weight is 893 g/mol. The molecule has 0 bridgehead atoms. The summed E-state index contributed by atoms with van der Waals surface area (Å²) in [5, 5.41) is 0. The van der Waals surface area contributed by atoms with E-state index in [0.717, 1.165) is 116 Å². The van der Waals surface area contributed by atoms with Crippen molar-refractivity contribution in [3.63, 3.8) is 0 Å². The van der Waals surface area contributed by atoms with Crippen LogP contribution in [-0.2, 0) is 28.6 Å². The second-order valence-electron chi connectivity index (χ2n) is 17.8. The van der Waals surface area contributed by atoms with E-state index in [-0.39, 0.29) is 31.1 Å². The number of allylic oxidation sites excluding steroid dienone is 12. The van der Waals surface area contributed by atoms with Crippen LogP contribution in [0, 0.1) is 0 Å². The van der Waals surface area contributed by atoms with Gasteiger partial charge in [-0.25, -0.2) is 0 Å². The Bertz CT molecular complexity index is 1210. The summed E-state index contributed by atoms with van der Waals surface area (Å²) in [6, 6.07) is 0. The molecule has 0 spiro atoms. The van der Waals surface area contributed by atoms with Crippen LogP contribution in [0.4, 0.5) is 0 Å². The van der Waals surface area contributed by atoms with E-state index in [0.29, 0.717) is 19.3 Å². The first-order valence-electron chi connectivity index (χ1n) is 27.0. The van der Waals surface area contributed by atoms with Crippen molar-refractivity contribution >= 4 is 17.9 Å². The molecule has 0 fully saturated rings. The van der Waals surface area contributed by atoms with Gasteiger partial charge in [-0.3, -0.25) is 14.4 Å². The molecule has 1 atom stereocenters. The third-order valence-corrected chi connectivity index (χ3v) is 11.5. The molecule has 0 amide bonds. The lowest BCUT2D eigenvalue weighted by molar-refractivity contribution is -0.167. The fourth-order valence-electron chi connectivity index (χ4n) is 7.52. The predicted molar refractivity (Wildman–Crippen MR) is 274 cm³/mol. The fraction of sp³-hybridized carbons (Fsp3) is 0.741. The summed E-state index contributed by atoms with van der Waals surface area (Å²) >= 11 is 0. The summed E-state index contributed by atoms with van der Waals surface area (Å²) in [6.07, 6.45) is 66.0. The quantitative estimate of drug-likeness (QED) is 0.0199. The number of carbonyl (C=O) groups excluding carboxylic acids is 3. The third-order valence-electron chi connectivity index (χ3n) is 11.5. The van der Waals surface area contributed by atoms with Crippen LogP contribution in [0.3, 0.4) is 0 Å². The van der Waals surface area contributed by atoms with Crippen molar-refractivity contribution in [2.75, 3.05) is 13.2 Å². The molecule has 0 heterocycles. The second kappa shape index (κ2) is 52.5. The summed E-state index contributed by atoms with van der Waals surface area (Å²) in [4.78, 5) is 38.0. The Morgan fingerprint density at radius 3 is 1.12 bits per heavy atom. The molecule has 0 aliphatic carbocycles. The summed E-state index contributed by atoms with van der Waals surface area (Å²) in [6.45, 7) is 6.38. The van der Waals surface area contributed by atoms with Crippen LogP contribution in [0.25, 0.3) is 0 Å². The van der Waals surface area contributed by atoms with E-state index in [1.54, 1.807) is 0 Å². The van der Waals surface area contributed by atoms with Gasteiger partial charge in [-0.05, 0) is 70.6 Å². The number of esters is 3. The van der Waals surface area contributed by atoms with Crippen LogP contribution in [0.5, 0.6) is 0 Å². The van der Waals surface area contributed by atoms with Crippen molar-refractivity contribution in [3.05, 3.63) is 72.9 Å². The monoisotopic (exact) mass is 893 g/mol. The van der Waals surface area contributed by atoms with Crippen LogP contribution in [-0.4, -0.2) is 37.2 Å². The normalized spacial score (nSPS) is 12.6. The maximum Gasteiger partial charge on any atom is 0.306 e. The van der Waals surface area contributed by atoms with E-state index in [1.165, 1.54) is 103 Å². The van der Waals surface area contributed by atoms with Crippen LogP contribution < -0.4 is 0 Å². The highest BCUT2D eigenvalue weighted by Gasteiger charge is 2.19. The minimum atomic E-state index is -0.789. The lowest BCUT2D eigenvalue weighted by Gasteiger charge is -2.18. The first-order chi connectivity index (χ1) is 31.5. The molecular formula is C58H100O6. The van der Waals surface area contributed by atoms with E-state index in [2.05, 4.69) is 93.7 Å². The SMILES string of the molecule is CC/C=C/C=C/C=C/CCCCCCCC(=O)OCC(COC(=O)CCCCCCCCCCCCCCCCCCC)OC(=O)CCCCCCCC/C=C/C/C=C/C/C=C/CC. The number of hydrogen-bond acceptors (Lipinski definition) is 6. The van der Waals surface area contributed by atoms with Gasteiger partial charge in [0.25, 0.3) is 0 Å². The Balaban J connectivity index is 4.39. The molecule has 1 unspecified atom stereocenters. The third kappa shape index (κ3) is 49.9. The molecule has 6 nitrogen and oxygen atoms in total. The highest BCUT2D eigenvalue weighted by atomic mass is 16.6. The van der Waals surface area contributed by atoms with Gasteiger partial charge in [-0.15, -0.1) is 0 Å². The van der Waals surface area contributed by atoms with Crippen LogP contribution >= 0.6 is 0 Å². The molecule has 0 rings (SSSR count). The maximum atomic E-state index is 12.8. The molecule has 368 valence electrons. The van der Waals surface area contributed by atoms with E-state index >= 15 is 0 Å². The molecule has 0 radical (unpaired) electrons. The van der Waals surface area contributed by atoms with Gasteiger partial charge >= 0.3 is 17.9 Å². The molecule has 0 saturated heterocycles. The zero-order valence-corrected chi connectivity index (χ0v) is 42.0. The van der Waals surface area contributed by atoms with Gasteiger partial charge in [0, 0.05) is 19.3 Å². The smallest absolute Gasteiger partial charge is 0.306 e. The van der Waals surface area contributed by atoms with Crippen molar-refractivity contribution < 1.29 is 28.6 Å². The zero-order chi connectivity index (χ0) is 46.5. The molecule has 0 aromatic heterocycles. The summed E-state index contributed by atoms with van der Waals surface area (Å²) < 4.78 is 16.8. The van der Waals surface area contributed by atoms with Crippen LogP contribution in [0.2, 0.25) is 0 Å². The number of carbonyl (C=O) groups is 3. The number of unbranched alkanes of at least 4 members (excludes halogenated alkanes) is 27. The highest BCUT2D eigenvalue weighted by Crippen LogP contribution is 2.16. The van der Waals surface area contributed by atoms with E-state index in [1.807, 2.05) is 0 Å². The molecule has 0 aliphatic heterocycles. The maximum absolute atomic E-state index is 12.8. The molecule has 0 aromatic carbocycles. The Kier molecular flexibility index (Phi) is 49.9. The van der Waals surface area contributed by atoms with Gasteiger partial charge in [-0.1, -0.05) is 241 Å².